The van der Waals surface area contributed by atoms with Crippen LogP contribution in [-0.4, -0.2) is 23.6 Å². The van der Waals surface area contributed by atoms with Gasteiger partial charge in [0.2, 0.25) is 5.89 Å². The monoisotopic (exact) mass is 414 g/mol. The molecule has 0 atom stereocenters. The lowest BCUT2D eigenvalue weighted by atomic mass is 10.2. The van der Waals surface area contributed by atoms with Crippen molar-refractivity contribution >= 4 is 27.3 Å². The maximum Gasteiger partial charge on any atom is 0.264 e. The highest BCUT2D eigenvalue weighted by molar-refractivity contribution is 7.92. The van der Waals surface area contributed by atoms with Gasteiger partial charge < -0.3 is 9.40 Å². The molecule has 2 aromatic carbocycles. The molecule has 0 saturated carbocycles. The van der Waals surface area contributed by atoms with Crippen molar-refractivity contribution in [2.45, 2.75) is 11.8 Å². The fourth-order valence-electron chi connectivity index (χ4n) is 2.63. The number of hydrogen-bond acceptors (Lipinski definition) is 5. The SMILES string of the molecule is Cc1cc(Cl)ccc1NS(=O)(=O)c1c[nH]c(-c2nnc(-c3ccccc3)o2)c1. The molecule has 0 unspecified atom stereocenters. The number of nitrogens with one attached hydrogen (secondary N) is 2. The van der Waals surface area contributed by atoms with Crippen LogP contribution >= 0.6 is 11.6 Å². The molecule has 2 N–H and O–H groups in total. The minimum Gasteiger partial charge on any atom is -0.415 e. The van der Waals surface area contributed by atoms with Gasteiger partial charge in [-0.2, -0.15) is 0 Å². The predicted molar refractivity (Wildman–Crippen MR) is 107 cm³/mol. The van der Waals surface area contributed by atoms with Gasteiger partial charge in [0.15, 0.2) is 0 Å². The van der Waals surface area contributed by atoms with E-state index in [1.165, 1.54) is 12.3 Å². The molecule has 0 spiro atoms. The molecule has 0 amide bonds. The number of sulfonamides is 1. The van der Waals surface area contributed by atoms with Crippen LogP contribution in [0.25, 0.3) is 23.0 Å². The highest BCUT2D eigenvalue weighted by atomic mass is 35.5. The summed E-state index contributed by atoms with van der Waals surface area (Å²) in [7, 11) is -3.80. The van der Waals surface area contributed by atoms with Crippen molar-refractivity contribution < 1.29 is 12.8 Å². The molecule has 0 radical (unpaired) electrons. The van der Waals surface area contributed by atoms with Crippen LogP contribution in [0.4, 0.5) is 5.69 Å². The van der Waals surface area contributed by atoms with Gasteiger partial charge in [-0.1, -0.05) is 29.8 Å². The molecule has 0 aliphatic heterocycles. The second-order valence-corrected chi connectivity index (χ2v) is 8.21. The third-order valence-electron chi connectivity index (χ3n) is 4.08. The molecule has 0 saturated heterocycles. The fourth-order valence-corrected chi connectivity index (χ4v) is 3.98. The topological polar surface area (TPSA) is 101 Å². The Balaban J connectivity index is 1.59. The first-order chi connectivity index (χ1) is 13.4. The highest BCUT2D eigenvalue weighted by Crippen LogP contribution is 2.27. The number of aromatic amines is 1. The van der Waals surface area contributed by atoms with E-state index in [0.29, 0.717) is 22.3 Å². The predicted octanol–water partition coefficient (Wildman–Crippen LogP) is 4.49. The van der Waals surface area contributed by atoms with E-state index in [9.17, 15) is 8.42 Å². The average Bonchev–Trinajstić information content (AvgIpc) is 3.34. The smallest absolute Gasteiger partial charge is 0.264 e. The molecule has 7 nitrogen and oxygen atoms in total. The number of rotatable bonds is 5. The molecule has 0 bridgehead atoms. The van der Waals surface area contributed by atoms with Crippen molar-refractivity contribution in [3.05, 3.63) is 71.4 Å². The number of aryl methyl sites for hydroxylation is 1. The quantitative estimate of drug-likeness (QED) is 0.501. The van der Waals surface area contributed by atoms with E-state index < -0.39 is 10.0 Å². The number of halogens is 1. The first-order valence-corrected chi connectivity index (χ1v) is 10.2. The Morgan fingerprint density at radius 2 is 1.79 bits per heavy atom. The Hall–Kier alpha value is -3.10. The Morgan fingerprint density at radius 3 is 2.54 bits per heavy atom. The van der Waals surface area contributed by atoms with Gasteiger partial charge in [0.1, 0.15) is 10.6 Å². The van der Waals surface area contributed by atoms with Crippen LogP contribution in [0.2, 0.25) is 5.02 Å². The molecule has 4 rings (SSSR count). The standard InChI is InChI=1S/C19H15ClN4O3S/c1-12-9-14(20)7-8-16(12)24-28(25,26)15-10-17(21-11-15)19-23-22-18(27-19)13-5-3-2-4-6-13/h2-11,21,24H,1H3. The number of benzene rings is 2. The van der Waals surface area contributed by atoms with Crippen LogP contribution in [0.5, 0.6) is 0 Å². The van der Waals surface area contributed by atoms with Crippen LogP contribution in [0.15, 0.2) is 70.1 Å². The van der Waals surface area contributed by atoms with E-state index in [1.807, 2.05) is 30.3 Å². The summed E-state index contributed by atoms with van der Waals surface area (Å²) in [6, 6.07) is 15.7. The van der Waals surface area contributed by atoms with E-state index in [0.717, 1.165) is 11.1 Å². The molecule has 9 heteroatoms. The lowest BCUT2D eigenvalue weighted by Gasteiger charge is -2.09. The summed E-state index contributed by atoms with van der Waals surface area (Å²) in [5.74, 6) is 0.549. The van der Waals surface area contributed by atoms with E-state index >= 15 is 0 Å². The summed E-state index contributed by atoms with van der Waals surface area (Å²) < 4.78 is 33.6. The zero-order valence-corrected chi connectivity index (χ0v) is 16.3. The van der Waals surface area contributed by atoms with Gasteiger partial charge in [-0.05, 0) is 48.9 Å². The number of hydrogen-bond donors (Lipinski definition) is 2. The van der Waals surface area contributed by atoms with Gasteiger partial charge in [0.05, 0.1) is 5.69 Å². The molecule has 0 aliphatic rings. The van der Waals surface area contributed by atoms with Crippen LogP contribution in [0.3, 0.4) is 0 Å². The lowest BCUT2D eigenvalue weighted by molar-refractivity contribution is 0.582. The highest BCUT2D eigenvalue weighted by Gasteiger charge is 2.20. The molecular formula is C19H15ClN4O3S. The van der Waals surface area contributed by atoms with Crippen molar-refractivity contribution in [1.29, 1.82) is 0 Å². The van der Waals surface area contributed by atoms with Gasteiger partial charge in [-0.15, -0.1) is 10.2 Å². The van der Waals surface area contributed by atoms with E-state index in [-0.39, 0.29) is 10.8 Å². The van der Waals surface area contributed by atoms with Gasteiger partial charge in [0.25, 0.3) is 15.9 Å². The lowest BCUT2D eigenvalue weighted by Crippen LogP contribution is -2.12. The summed E-state index contributed by atoms with van der Waals surface area (Å²) in [5.41, 5.74) is 2.36. The number of aromatic nitrogens is 3. The van der Waals surface area contributed by atoms with Gasteiger partial charge in [-0.25, -0.2) is 8.42 Å². The number of nitrogens with zero attached hydrogens (tertiary/aromatic N) is 2. The Bertz CT molecular complexity index is 1230. The largest absolute Gasteiger partial charge is 0.415 e. The second kappa shape index (κ2) is 7.14. The average molecular weight is 415 g/mol. The minimum absolute atomic E-state index is 0.0521. The minimum atomic E-state index is -3.80. The summed E-state index contributed by atoms with van der Waals surface area (Å²) in [5, 5.41) is 8.53. The van der Waals surface area contributed by atoms with Crippen molar-refractivity contribution in [3.63, 3.8) is 0 Å². The first-order valence-electron chi connectivity index (χ1n) is 8.29. The third-order valence-corrected chi connectivity index (χ3v) is 5.66. The zero-order valence-electron chi connectivity index (χ0n) is 14.7. The first kappa shape index (κ1) is 18.3. The van der Waals surface area contributed by atoms with E-state index in [4.69, 9.17) is 16.0 Å². The van der Waals surface area contributed by atoms with E-state index in [2.05, 4.69) is 19.9 Å². The van der Waals surface area contributed by atoms with Crippen molar-refractivity contribution in [1.82, 2.24) is 15.2 Å². The Morgan fingerprint density at radius 1 is 1.04 bits per heavy atom. The second-order valence-electron chi connectivity index (χ2n) is 6.09. The van der Waals surface area contributed by atoms with Gasteiger partial charge in [0, 0.05) is 16.8 Å². The van der Waals surface area contributed by atoms with Gasteiger partial charge in [-0.3, -0.25) is 4.72 Å². The van der Waals surface area contributed by atoms with Crippen molar-refractivity contribution in [2.24, 2.45) is 0 Å². The molecule has 0 fully saturated rings. The zero-order chi connectivity index (χ0) is 19.7. The fraction of sp³-hybridized carbons (Fsp3) is 0.0526. The van der Waals surface area contributed by atoms with Crippen LogP contribution in [0, 0.1) is 6.92 Å². The Labute approximate surface area is 166 Å². The number of anilines is 1. The van der Waals surface area contributed by atoms with Gasteiger partial charge >= 0.3 is 0 Å². The van der Waals surface area contributed by atoms with Crippen molar-refractivity contribution in [2.75, 3.05) is 4.72 Å². The molecular weight excluding hydrogens is 400 g/mol. The molecule has 142 valence electrons. The third kappa shape index (κ3) is 3.64. The summed E-state index contributed by atoms with van der Waals surface area (Å²) in [6.45, 7) is 1.77. The van der Waals surface area contributed by atoms with E-state index in [1.54, 1.807) is 25.1 Å². The normalized spacial score (nSPS) is 11.5. The molecule has 0 aliphatic carbocycles. The molecule has 2 aromatic heterocycles. The maximum atomic E-state index is 12.7. The Kier molecular flexibility index (Phi) is 4.66. The van der Waals surface area contributed by atoms with Crippen LogP contribution in [0.1, 0.15) is 5.56 Å². The summed E-state index contributed by atoms with van der Waals surface area (Å²) in [4.78, 5) is 2.92. The molecule has 28 heavy (non-hydrogen) atoms. The van der Waals surface area contributed by atoms with Crippen LogP contribution in [-0.2, 0) is 10.0 Å². The maximum absolute atomic E-state index is 12.7. The molecule has 2 heterocycles. The summed E-state index contributed by atoms with van der Waals surface area (Å²) >= 11 is 5.92. The summed E-state index contributed by atoms with van der Waals surface area (Å²) in [6.07, 6.45) is 1.37. The molecule has 4 aromatic rings. The number of H-pyrrole nitrogens is 1. The van der Waals surface area contributed by atoms with Crippen LogP contribution < -0.4 is 4.72 Å². The van der Waals surface area contributed by atoms with Crippen molar-refractivity contribution in [3.8, 4) is 23.0 Å².